The monoisotopic (exact) mass is 474 g/mol. The highest BCUT2D eigenvalue weighted by Gasteiger charge is 2.31. The zero-order valence-corrected chi connectivity index (χ0v) is 19.7. The minimum atomic E-state index is -4.05. The van der Waals surface area contributed by atoms with E-state index in [4.69, 9.17) is 4.15 Å². The predicted octanol–water partition coefficient (Wildman–Crippen LogP) is 4.51. The molecule has 166 valence electrons. The van der Waals surface area contributed by atoms with E-state index in [1.54, 1.807) is 12.1 Å². The molecule has 0 spiro atoms. The molecule has 0 fully saturated rings. The van der Waals surface area contributed by atoms with Crippen molar-refractivity contribution in [1.29, 1.82) is 0 Å². The summed E-state index contributed by atoms with van der Waals surface area (Å²) in [5.74, 6) is -0.225. The highest BCUT2D eigenvalue weighted by Crippen LogP contribution is 2.48. The molecule has 0 atom stereocenters. The first-order chi connectivity index (χ1) is 15.9. The first-order valence-corrected chi connectivity index (χ1v) is 13.5. The van der Waals surface area contributed by atoms with E-state index in [0.717, 1.165) is 15.9 Å². The van der Waals surface area contributed by atoms with Crippen LogP contribution in [0.2, 0.25) is 0 Å². The second-order valence-corrected chi connectivity index (χ2v) is 12.3. The lowest BCUT2D eigenvalue weighted by Gasteiger charge is -2.26. The molecule has 5 nitrogen and oxygen atoms in total. The number of hydrogen-bond donors (Lipinski definition) is 1. The van der Waals surface area contributed by atoms with Crippen molar-refractivity contribution in [2.45, 2.75) is 11.8 Å². The number of amides is 1. The summed E-state index contributed by atoms with van der Waals surface area (Å²) in [6, 6.07) is 34.8. The fourth-order valence-electron chi connectivity index (χ4n) is 3.64. The average molecular weight is 475 g/mol. The molecule has 1 amide bonds. The van der Waals surface area contributed by atoms with Crippen LogP contribution in [-0.4, -0.2) is 14.3 Å². The van der Waals surface area contributed by atoms with Crippen molar-refractivity contribution < 1.29 is 13.2 Å². The summed E-state index contributed by atoms with van der Waals surface area (Å²) in [4.78, 5) is 11.4. The fraction of sp³-hybridized carbons (Fsp3) is 0.0385. The Bertz CT molecular complexity index is 1300. The molecule has 4 aromatic carbocycles. The van der Waals surface area contributed by atoms with E-state index >= 15 is 0 Å². The van der Waals surface area contributed by atoms with Crippen molar-refractivity contribution >= 4 is 44.6 Å². The van der Waals surface area contributed by atoms with Crippen LogP contribution >= 0.6 is 7.05 Å². The average Bonchev–Trinajstić information content (AvgIpc) is 2.84. The summed E-state index contributed by atoms with van der Waals surface area (Å²) in [5.41, 5.74) is 0.525. The van der Waals surface area contributed by atoms with Crippen molar-refractivity contribution in [2.24, 2.45) is 4.15 Å². The molecule has 0 bridgehead atoms. The van der Waals surface area contributed by atoms with E-state index in [2.05, 4.69) is 5.32 Å². The summed E-state index contributed by atoms with van der Waals surface area (Å²) >= 11 is 0. The van der Waals surface area contributed by atoms with E-state index in [-0.39, 0.29) is 10.8 Å². The molecule has 0 aliphatic rings. The molecule has 33 heavy (non-hydrogen) atoms. The lowest BCUT2D eigenvalue weighted by Crippen LogP contribution is -2.26. The Hall–Kier alpha value is -3.47. The Labute approximate surface area is 194 Å². The maximum Gasteiger partial charge on any atom is 0.281 e. The lowest BCUT2D eigenvalue weighted by molar-refractivity contribution is -0.114. The van der Waals surface area contributed by atoms with E-state index in [1.165, 1.54) is 19.1 Å². The number of carbonyl (C=O) groups excluding carboxylic acids is 1. The molecule has 0 heterocycles. The van der Waals surface area contributed by atoms with Gasteiger partial charge in [0.15, 0.2) is 0 Å². The molecule has 0 aliphatic heterocycles. The smallest absolute Gasteiger partial charge is 0.281 e. The minimum absolute atomic E-state index is 0.0729. The molecular weight excluding hydrogens is 451 g/mol. The maximum absolute atomic E-state index is 13.7. The first kappa shape index (κ1) is 22.7. The van der Waals surface area contributed by atoms with Gasteiger partial charge in [0.05, 0.1) is 11.9 Å². The number of nitrogens with zero attached hydrogens (tertiary/aromatic N) is 1. The van der Waals surface area contributed by atoms with Crippen molar-refractivity contribution in [3.8, 4) is 0 Å². The van der Waals surface area contributed by atoms with Crippen LogP contribution < -0.4 is 21.2 Å². The third kappa shape index (κ3) is 4.82. The number of hydrogen-bond acceptors (Lipinski definition) is 3. The highest BCUT2D eigenvalue weighted by molar-refractivity contribution is 7.99. The van der Waals surface area contributed by atoms with Gasteiger partial charge in [-0.15, -0.1) is 0 Å². The largest absolute Gasteiger partial charge is 0.326 e. The van der Waals surface area contributed by atoms with Gasteiger partial charge in [-0.05, 0) is 24.3 Å². The van der Waals surface area contributed by atoms with Gasteiger partial charge >= 0.3 is 0 Å². The molecular formula is C26H23N2O3PS. The summed E-state index contributed by atoms with van der Waals surface area (Å²) in [6.07, 6.45) is 0. The zero-order valence-electron chi connectivity index (χ0n) is 18.0. The fourth-order valence-corrected chi connectivity index (χ4v) is 9.63. The molecule has 0 unspecified atom stereocenters. The molecule has 0 aromatic heterocycles. The van der Waals surface area contributed by atoms with Crippen molar-refractivity contribution in [1.82, 2.24) is 0 Å². The van der Waals surface area contributed by atoms with Gasteiger partial charge in [-0.25, -0.2) is 0 Å². The van der Waals surface area contributed by atoms with E-state index in [0.29, 0.717) is 5.69 Å². The summed E-state index contributed by atoms with van der Waals surface area (Å²) in [5, 5.41) is 5.20. The number of nitrogens with one attached hydrogen (secondary N) is 1. The number of rotatable bonds is 6. The van der Waals surface area contributed by atoms with E-state index in [9.17, 15) is 13.2 Å². The van der Waals surface area contributed by atoms with Crippen LogP contribution in [0.25, 0.3) is 0 Å². The summed E-state index contributed by atoms with van der Waals surface area (Å²) in [6.45, 7) is 1.40. The number of sulfonamides is 1. The number of anilines is 1. The maximum atomic E-state index is 13.7. The van der Waals surface area contributed by atoms with Gasteiger partial charge in [0.1, 0.15) is 0 Å². The van der Waals surface area contributed by atoms with Gasteiger partial charge in [0, 0.05) is 28.5 Å². The molecule has 0 aliphatic carbocycles. The van der Waals surface area contributed by atoms with Crippen LogP contribution in [-0.2, 0) is 14.8 Å². The van der Waals surface area contributed by atoms with Gasteiger partial charge in [0.25, 0.3) is 10.0 Å². The van der Waals surface area contributed by atoms with Crippen LogP contribution in [0.1, 0.15) is 6.92 Å². The van der Waals surface area contributed by atoms with Gasteiger partial charge in [0.2, 0.25) is 5.91 Å². The summed E-state index contributed by atoms with van der Waals surface area (Å²) in [7, 11) is -6.95. The molecule has 0 saturated carbocycles. The second-order valence-electron chi connectivity index (χ2n) is 7.40. The Morgan fingerprint density at radius 1 is 0.667 bits per heavy atom. The quantitative estimate of drug-likeness (QED) is 0.418. The number of carbonyl (C=O) groups is 1. The van der Waals surface area contributed by atoms with Crippen molar-refractivity contribution in [3.05, 3.63) is 115 Å². The van der Waals surface area contributed by atoms with Crippen LogP contribution in [0.15, 0.2) is 124 Å². The van der Waals surface area contributed by atoms with Crippen LogP contribution in [0.3, 0.4) is 0 Å². The molecule has 4 rings (SSSR count). The Kier molecular flexibility index (Phi) is 6.59. The predicted molar refractivity (Wildman–Crippen MR) is 136 cm³/mol. The number of benzene rings is 4. The molecule has 0 radical (unpaired) electrons. The van der Waals surface area contributed by atoms with Gasteiger partial charge in [-0.3, -0.25) is 4.79 Å². The van der Waals surface area contributed by atoms with Gasteiger partial charge in [-0.1, -0.05) is 91.0 Å². The molecule has 0 saturated heterocycles. The Morgan fingerprint density at radius 2 is 1.06 bits per heavy atom. The zero-order chi connectivity index (χ0) is 23.3. The van der Waals surface area contributed by atoms with Crippen LogP contribution in [0.4, 0.5) is 5.69 Å². The third-order valence-corrected chi connectivity index (χ3v) is 10.9. The van der Waals surface area contributed by atoms with Crippen LogP contribution in [0.5, 0.6) is 0 Å². The normalized spacial score (nSPS) is 11.5. The van der Waals surface area contributed by atoms with Crippen LogP contribution in [0, 0.1) is 0 Å². The molecule has 4 aromatic rings. The van der Waals surface area contributed by atoms with Gasteiger partial charge < -0.3 is 5.32 Å². The first-order valence-electron chi connectivity index (χ1n) is 10.3. The summed E-state index contributed by atoms with van der Waals surface area (Å²) < 4.78 is 32.1. The SMILES string of the molecule is CC(=O)Nc1ccc(S(=O)(=O)N=P(c2ccccc2)(c2ccccc2)c2ccccc2)cc1. The van der Waals surface area contributed by atoms with Crippen molar-refractivity contribution in [2.75, 3.05) is 5.32 Å². The lowest BCUT2D eigenvalue weighted by atomic mass is 10.3. The topological polar surface area (TPSA) is 75.6 Å². The van der Waals surface area contributed by atoms with E-state index in [1.807, 2.05) is 91.0 Å². The Morgan fingerprint density at radius 3 is 1.42 bits per heavy atom. The highest BCUT2D eigenvalue weighted by atomic mass is 32.2. The van der Waals surface area contributed by atoms with E-state index < -0.39 is 17.1 Å². The Balaban J connectivity index is 2.01. The van der Waals surface area contributed by atoms with Gasteiger partial charge in [-0.2, -0.15) is 12.6 Å². The molecule has 7 heteroatoms. The minimum Gasteiger partial charge on any atom is -0.326 e. The second kappa shape index (κ2) is 9.57. The standard InChI is InChI=1S/C26H23N2O3PS/c1-21(29)27-22-17-19-26(20-18-22)33(30,31)28-32(23-11-5-2-6-12-23,24-13-7-3-8-14-24)25-15-9-4-10-16-25/h2-20H,1H3,(H,27,29). The third-order valence-electron chi connectivity index (χ3n) is 5.09. The molecule has 1 N–H and O–H groups in total. The van der Waals surface area contributed by atoms with Crippen molar-refractivity contribution in [3.63, 3.8) is 0 Å².